The average Bonchev–Trinajstić information content (AvgIpc) is 3.07. The Morgan fingerprint density at radius 2 is 1.93 bits per heavy atom. The van der Waals surface area contributed by atoms with Crippen LogP contribution in [0.15, 0.2) is 29.4 Å². The predicted molar refractivity (Wildman–Crippen MR) is 129 cm³/mol. The number of nitrogens with one attached hydrogen (secondary N) is 1. The SMILES string of the molecule is CCNC(=NCCC(=O)N1CCN(c2ccccn2)CC1)N1CCC(C)(C)C1.I. The molecule has 3 heterocycles. The predicted octanol–water partition coefficient (Wildman–Crippen LogP) is 2.44. The summed E-state index contributed by atoms with van der Waals surface area (Å²) in [4.78, 5) is 28.2. The van der Waals surface area contributed by atoms with Crippen molar-refractivity contribution in [2.24, 2.45) is 10.4 Å². The van der Waals surface area contributed by atoms with E-state index in [1.165, 1.54) is 6.42 Å². The van der Waals surface area contributed by atoms with Gasteiger partial charge in [-0.1, -0.05) is 19.9 Å². The molecule has 0 atom stereocenters. The van der Waals surface area contributed by atoms with Gasteiger partial charge < -0.3 is 20.0 Å². The van der Waals surface area contributed by atoms with Crippen LogP contribution in [0.5, 0.6) is 0 Å². The first-order chi connectivity index (χ1) is 13.5. The molecule has 1 aromatic heterocycles. The molecule has 2 aliphatic rings. The lowest BCUT2D eigenvalue weighted by molar-refractivity contribution is -0.131. The number of nitrogens with zero attached hydrogens (tertiary/aromatic N) is 5. The van der Waals surface area contributed by atoms with Gasteiger partial charge in [-0.2, -0.15) is 0 Å². The number of hydrogen-bond donors (Lipinski definition) is 1. The molecule has 0 aromatic carbocycles. The van der Waals surface area contributed by atoms with E-state index in [0.717, 1.165) is 57.6 Å². The molecule has 1 amide bonds. The normalized spacial score (nSPS) is 19.1. The van der Waals surface area contributed by atoms with Crippen LogP contribution in [0.1, 0.15) is 33.6 Å². The highest BCUT2D eigenvalue weighted by atomic mass is 127. The number of aliphatic imine (C=N–C) groups is 1. The van der Waals surface area contributed by atoms with E-state index in [9.17, 15) is 4.79 Å². The zero-order valence-electron chi connectivity index (χ0n) is 17.9. The molecule has 0 aliphatic carbocycles. The van der Waals surface area contributed by atoms with Crippen molar-refractivity contribution in [2.75, 3.05) is 57.3 Å². The molecular weight excluding hydrogens is 479 g/mol. The van der Waals surface area contributed by atoms with Crippen LogP contribution in [-0.4, -0.2) is 79.0 Å². The van der Waals surface area contributed by atoms with Crippen molar-refractivity contribution >= 4 is 41.7 Å². The highest BCUT2D eigenvalue weighted by molar-refractivity contribution is 14.0. The third-order valence-electron chi connectivity index (χ3n) is 5.50. The Kier molecular flexibility index (Phi) is 8.98. The highest BCUT2D eigenvalue weighted by Crippen LogP contribution is 2.28. The molecule has 0 spiro atoms. The van der Waals surface area contributed by atoms with Crippen molar-refractivity contribution in [3.63, 3.8) is 0 Å². The summed E-state index contributed by atoms with van der Waals surface area (Å²) in [7, 11) is 0. The second kappa shape index (κ2) is 11.0. The zero-order chi connectivity index (χ0) is 20.0. The number of anilines is 1. The molecule has 162 valence electrons. The number of rotatable bonds is 5. The van der Waals surface area contributed by atoms with Crippen molar-refractivity contribution in [1.82, 2.24) is 20.1 Å². The van der Waals surface area contributed by atoms with E-state index in [4.69, 9.17) is 4.99 Å². The Hall–Kier alpha value is -1.58. The minimum absolute atomic E-state index is 0. The average molecular weight is 514 g/mol. The van der Waals surface area contributed by atoms with Crippen LogP contribution in [0, 0.1) is 5.41 Å². The summed E-state index contributed by atoms with van der Waals surface area (Å²) < 4.78 is 0. The topological polar surface area (TPSA) is 64.1 Å². The van der Waals surface area contributed by atoms with E-state index in [1.807, 2.05) is 29.3 Å². The van der Waals surface area contributed by atoms with Crippen molar-refractivity contribution in [3.05, 3.63) is 24.4 Å². The van der Waals surface area contributed by atoms with Crippen molar-refractivity contribution in [2.45, 2.75) is 33.6 Å². The largest absolute Gasteiger partial charge is 0.357 e. The van der Waals surface area contributed by atoms with Gasteiger partial charge in [0.2, 0.25) is 5.91 Å². The summed E-state index contributed by atoms with van der Waals surface area (Å²) >= 11 is 0. The van der Waals surface area contributed by atoms with Crippen molar-refractivity contribution in [1.29, 1.82) is 0 Å². The van der Waals surface area contributed by atoms with Gasteiger partial charge in [0, 0.05) is 58.4 Å². The van der Waals surface area contributed by atoms with Gasteiger partial charge in [-0.15, -0.1) is 24.0 Å². The van der Waals surface area contributed by atoms with Gasteiger partial charge in [0.05, 0.1) is 6.54 Å². The van der Waals surface area contributed by atoms with Crippen LogP contribution in [-0.2, 0) is 4.79 Å². The Balaban J connectivity index is 0.00000300. The Labute approximate surface area is 192 Å². The third kappa shape index (κ3) is 6.72. The molecule has 0 bridgehead atoms. The number of aromatic nitrogens is 1. The summed E-state index contributed by atoms with van der Waals surface area (Å²) in [6.07, 6.45) is 3.46. The van der Waals surface area contributed by atoms with E-state index in [-0.39, 0.29) is 29.9 Å². The fourth-order valence-corrected chi connectivity index (χ4v) is 3.86. The van der Waals surface area contributed by atoms with E-state index < -0.39 is 0 Å². The lowest BCUT2D eigenvalue weighted by atomic mass is 9.93. The smallest absolute Gasteiger partial charge is 0.224 e. The quantitative estimate of drug-likeness (QED) is 0.372. The molecule has 2 saturated heterocycles. The number of likely N-dealkylation sites (tertiary alicyclic amines) is 1. The van der Waals surface area contributed by atoms with Crippen LogP contribution < -0.4 is 10.2 Å². The number of piperazine rings is 1. The van der Waals surface area contributed by atoms with Gasteiger partial charge >= 0.3 is 0 Å². The molecule has 8 heteroatoms. The van der Waals surface area contributed by atoms with Gasteiger partial charge in [-0.05, 0) is 30.9 Å². The van der Waals surface area contributed by atoms with E-state index >= 15 is 0 Å². The van der Waals surface area contributed by atoms with Crippen LogP contribution in [0.25, 0.3) is 0 Å². The molecule has 0 unspecified atom stereocenters. The number of halogens is 1. The van der Waals surface area contributed by atoms with Gasteiger partial charge in [-0.25, -0.2) is 4.98 Å². The molecule has 7 nitrogen and oxygen atoms in total. The van der Waals surface area contributed by atoms with Crippen LogP contribution in [0.3, 0.4) is 0 Å². The molecule has 0 saturated carbocycles. The molecular formula is C21H35IN6O. The van der Waals surface area contributed by atoms with Gasteiger partial charge in [0.15, 0.2) is 5.96 Å². The summed E-state index contributed by atoms with van der Waals surface area (Å²) in [5, 5.41) is 3.38. The minimum atomic E-state index is 0. The number of carbonyl (C=O) groups excluding carboxylic acids is 1. The maximum atomic E-state index is 12.6. The molecule has 2 aliphatic heterocycles. The van der Waals surface area contributed by atoms with Crippen molar-refractivity contribution < 1.29 is 4.79 Å². The molecule has 1 aromatic rings. The fraction of sp³-hybridized carbons (Fsp3) is 0.667. The monoisotopic (exact) mass is 514 g/mol. The second-order valence-corrected chi connectivity index (χ2v) is 8.38. The second-order valence-electron chi connectivity index (χ2n) is 8.38. The van der Waals surface area contributed by atoms with E-state index in [1.54, 1.807) is 0 Å². The maximum absolute atomic E-state index is 12.6. The van der Waals surface area contributed by atoms with Crippen LogP contribution in [0.2, 0.25) is 0 Å². The van der Waals surface area contributed by atoms with E-state index in [0.29, 0.717) is 18.4 Å². The molecule has 3 rings (SSSR count). The standard InChI is InChI=1S/C21H34N6O.HI/c1-4-22-20(27-12-9-21(2,3)17-27)24-11-8-19(28)26-15-13-25(14-16-26)18-7-5-6-10-23-18;/h5-7,10H,4,8-9,11-17H2,1-3H3,(H,22,24);1H. The maximum Gasteiger partial charge on any atom is 0.224 e. The third-order valence-corrected chi connectivity index (χ3v) is 5.50. The Bertz CT molecular complexity index is 673. The van der Waals surface area contributed by atoms with Crippen LogP contribution >= 0.6 is 24.0 Å². The number of guanidine groups is 1. The van der Waals surface area contributed by atoms with Gasteiger partial charge in [0.1, 0.15) is 5.82 Å². The summed E-state index contributed by atoms with van der Waals surface area (Å²) in [5.74, 6) is 2.13. The molecule has 2 fully saturated rings. The minimum Gasteiger partial charge on any atom is -0.357 e. The molecule has 0 radical (unpaired) electrons. The number of amides is 1. The highest BCUT2D eigenvalue weighted by Gasteiger charge is 2.31. The summed E-state index contributed by atoms with van der Waals surface area (Å²) in [5.41, 5.74) is 0.333. The summed E-state index contributed by atoms with van der Waals surface area (Å²) in [6, 6.07) is 5.95. The van der Waals surface area contributed by atoms with Gasteiger partial charge in [0.25, 0.3) is 0 Å². The number of hydrogen-bond acceptors (Lipinski definition) is 4. The first-order valence-corrected chi connectivity index (χ1v) is 10.5. The number of carbonyl (C=O) groups is 1. The van der Waals surface area contributed by atoms with Crippen molar-refractivity contribution in [3.8, 4) is 0 Å². The Morgan fingerprint density at radius 1 is 1.17 bits per heavy atom. The molecule has 1 N–H and O–H groups in total. The van der Waals surface area contributed by atoms with Crippen LogP contribution in [0.4, 0.5) is 5.82 Å². The first-order valence-electron chi connectivity index (χ1n) is 10.5. The van der Waals surface area contributed by atoms with E-state index in [2.05, 4.69) is 40.9 Å². The summed E-state index contributed by atoms with van der Waals surface area (Å²) in [6.45, 7) is 13.3. The molecule has 29 heavy (non-hydrogen) atoms. The zero-order valence-corrected chi connectivity index (χ0v) is 20.3. The first kappa shape index (κ1) is 23.7. The lowest BCUT2D eigenvalue weighted by Crippen LogP contribution is -2.49. The Morgan fingerprint density at radius 3 is 2.52 bits per heavy atom. The lowest BCUT2D eigenvalue weighted by Gasteiger charge is -2.35. The number of pyridine rings is 1. The van der Waals surface area contributed by atoms with Gasteiger partial charge in [-0.3, -0.25) is 9.79 Å². The fourth-order valence-electron chi connectivity index (χ4n) is 3.86.